The number of aryl methyl sites for hydroxylation is 1. The van der Waals surface area contributed by atoms with Gasteiger partial charge < -0.3 is 9.88 Å². The fourth-order valence-corrected chi connectivity index (χ4v) is 4.29. The van der Waals surface area contributed by atoms with Crippen molar-refractivity contribution in [1.29, 1.82) is 0 Å². The van der Waals surface area contributed by atoms with Gasteiger partial charge in [0.1, 0.15) is 0 Å². The number of nitrogens with one attached hydrogen (secondary N) is 2. The van der Waals surface area contributed by atoms with Crippen LogP contribution in [0, 0.1) is 5.92 Å². The zero-order chi connectivity index (χ0) is 15.3. The predicted octanol–water partition coefficient (Wildman–Crippen LogP) is 1.74. The molecule has 2 aliphatic rings. The second kappa shape index (κ2) is 5.11. The van der Waals surface area contributed by atoms with E-state index in [1.54, 1.807) is 12.3 Å². The lowest BCUT2D eigenvalue weighted by Gasteiger charge is -2.25. The fraction of sp³-hybridized carbons (Fsp3) is 0.733. The minimum atomic E-state index is -3.45. The summed E-state index contributed by atoms with van der Waals surface area (Å²) in [5.41, 5.74) is 0.646. The third kappa shape index (κ3) is 3.49. The number of hydrogen-bond acceptors (Lipinski definition) is 3. The molecule has 5 nitrogen and oxygen atoms in total. The number of aromatic nitrogens is 1. The zero-order valence-electron chi connectivity index (χ0n) is 13.0. The molecule has 0 unspecified atom stereocenters. The summed E-state index contributed by atoms with van der Waals surface area (Å²) < 4.78 is 29.9. The van der Waals surface area contributed by atoms with Gasteiger partial charge in [0.05, 0.1) is 4.90 Å². The standard InChI is InChI=1S/C15H25N3O2S/c1-15(2,11-4-5-11)17-21(19,20)14-8-13(18(3)10-14)9-16-12-6-7-12/h8,10-12,16-17H,4-7,9H2,1-3H3. The summed E-state index contributed by atoms with van der Waals surface area (Å²) in [6.07, 6.45) is 6.39. The molecule has 0 aromatic carbocycles. The normalized spacial score (nSPS) is 20.0. The van der Waals surface area contributed by atoms with Crippen molar-refractivity contribution >= 4 is 10.0 Å². The van der Waals surface area contributed by atoms with Crippen molar-refractivity contribution in [2.75, 3.05) is 0 Å². The summed E-state index contributed by atoms with van der Waals surface area (Å²) in [5.74, 6) is 0.465. The first kappa shape index (κ1) is 15.1. The van der Waals surface area contributed by atoms with Crippen LogP contribution in [0.3, 0.4) is 0 Å². The molecule has 0 bridgehead atoms. The molecule has 0 aliphatic heterocycles. The van der Waals surface area contributed by atoms with Gasteiger partial charge in [-0.25, -0.2) is 13.1 Å². The van der Waals surface area contributed by atoms with E-state index in [0.717, 1.165) is 25.1 Å². The van der Waals surface area contributed by atoms with E-state index in [1.165, 1.54) is 12.8 Å². The average Bonchev–Trinajstić information content (AvgIpc) is 3.23. The van der Waals surface area contributed by atoms with Crippen molar-refractivity contribution in [2.24, 2.45) is 13.0 Å². The Bertz CT molecular complexity index is 625. The van der Waals surface area contributed by atoms with Crippen LogP contribution in [0.15, 0.2) is 17.2 Å². The largest absolute Gasteiger partial charge is 0.352 e. The number of rotatable bonds is 7. The lowest BCUT2D eigenvalue weighted by molar-refractivity contribution is 0.400. The van der Waals surface area contributed by atoms with Gasteiger partial charge in [-0.3, -0.25) is 0 Å². The maximum Gasteiger partial charge on any atom is 0.242 e. The molecule has 2 aliphatic carbocycles. The zero-order valence-corrected chi connectivity index (χ0v) is 13.8. The van der Waals surface area contributed by atoms with Crippen molar-refractivity contribution in [3.63, 3.8) is 0 Å². The van der Waals surface area contributed by atoms with E-state index in [2.05, 4.69) is 10.0 Å². The molecule has 0 radical (unpaired) electrons. The SMILES string of the molecule is Cn1cc(S(=O)(=O)NC(C)(C)C2CC2)cc1CNC1CC1. The average molecular weight is 311 g/mol. The molecule has 2 N–H and O–H groups in total. The number of hydrogen-bond donors (Lipinski definition) is 2. The maximum absolute atomic E-state index is 12.6. The molecule has 0 spiro atoms. The Morgan fingerprint density at radius 1 is 1.29 bits per heavy atom. The molecule has 0 amide bonds. The Kier molecular flexibility index (Phi) is 3.66. The van der Waals surface area contributed by atoms with Crippen molar-refractivity contribution < 1.29 is 8.42 Å². The Balaban J connectivity index is 1.73. The van der Waals surface area contributed by atoms with Crippen LogP contribution in [-0.2, 0) is 23.6 Å². The Hall–Kier alpha value is -0.850. The summed E-state index contributed by atoms with van der Waals surface area (Å²) in [7, 11) is -1.55. The van der Waals surface area contributed by atoms with Crippen molar-refractivity contribution in [3.05, 3.63) is 18.0 Å². The lowest BCUT2D eigenvalue weighted by atomic mass is 10.0. The summed E-state index contributed by atoms with van der Waals surface area (Å²) in [4.78, 5) is 0.367. The third-order valence-electron chi connectivity index (χ3n) is 4.54. The topological polar surface area (TPSA) is 63.1 Å². The molecule has 0 saturated heterocycles. The smallest absolute Gasteiger partial charge is 0.242 e. The minimum absolute atomic E-state index is 0.360. The molecule has 0 atom stereocenters. The van der Waals surface area contributed by atoms with Gasteiger partial charge in [0.2, 0.25) is 10.0 Å². The van der Waals surface area contributed by atoms with Crippen molar-refractivity contribution in [2.45, 2.75) is 62.6 Å². The fourth-order valence-electron chi connectivity index (χ4n) is 2.73. The van der Waals surface area contributed by atoms with Crippen LogP contribution < -0.4 is 10.0 Å². The van der Waals surface area contributed by atoms with Crippen molar-refractivity contribution in [3.8, 4) is 0 Å². The molecule has 1 aromatic heterocycles. The van der Waals surface area contributed by atoms with E-state index in [0.29, 0.717) is 16.9 Å². The Morgan fingerprint density at radius 3 is 2.52 bits per heavy atom. The molecule has 1 heterocycles. The summed E-state index contributed by atoms with van der Waals surface area (Å²) in [6, 6.07) is 2.40. The Labute approximate surface area is 127 Å². The van der Waals surface area contributed by atoms with Gasteiger partial charge in [0.25, 0.3) is 0 Å². The van der Waals surface area contributed by atoms with Gasteiger partial charge in [-0.1, -0.05) is 0 Å². The van der Waals surface area contributed by atoms with Gasteiger partial charge in [-0.2, -0.15) is 0 Å². The predicted molar refractivity (Wildman–Crippen MR) is 82.4 cm³/mol. The Morgan fingerprint density at radius 2 is 1.95 bits per heavy atom. The first-order chi connectivity index (χ1) is 9.78. The quantitative estimate of drug-likeness (QED) is 0.806. The number of sulfonamides is 1. The second-order valence-electron chi connectivity index (χ2n) is 7.03. The summed E-state index contributed by atoms with van der Waals surface area (Å²) in [5, 5.41) is 3.42. The van der Waals surface area contributed by atoms with E-state index in [1.807, 2.05) is 25.5 Å². The highest BCUT2D eigenvalue weighted by Gasteiger charge is 2.40. The van der Waals surface area contributed by atoms with Crippen LogP contribution in [0.2, 0.25) is 0 Å². The molecule has 1 aromatic rings. The van der Waals surface area contributed by atoms with E-state index in [4.69, 9.17) is 0 Å². The molecule has 3 rings (SSSR count). The maximum atomic E-state index is 12.6. The van der Waals surface area contributed by atoms with Crippen LogP contribution >= 0.6 is 0 Å². The van der Waals surface area contributed by atoms with Crippen LogP contribution in [0.25, 0.3) is 0 Å². The van der Waals surface area contributed by atoms with Gasteiger partial charge in [-0.15, -0.1) is 0 Å². The van der Waals surface area contributed by atoms with Crippen LogP contribution in [0.4, 0.5) is 0 Å². The molecule has 2 fully saturated rings. The van der Waals surface area contributed by atoms with Gasteiger partial charge >= 0.3 is 0 Å². The van der Waals surface area contributed by atoms with Crippen LogP contribution in [-0.4, -0.2) is 24.6 Å². The molecule has 2 saturated carbocycles. The second-order valence-corrected chi connectivity index (χ2v) is 8.72. The highest BCUT2D eigenvalue weighted by molar-refractivity contribution is 7.89. The van der Waals surface area contributed by atoms with E-state index >= 15 is 0 Å². The monoisotopic (exact) mass is 311 g/mol. The first-order valence-electron chi connectivity index (χ1n) is 7.70. The van der Waals surface area contributed by atoms with Gasteiger partial charge in [0, 0.05) is 37.1 Å². The summed E-state index contributed by atoms with van der Waals surface area (Å²) in [6.45, 7) is 4.67. The molecular formula is C15H25N3O2S. The van der Waals surface area contributed by atoms with E-state index in [-0.39, 0.29) is 5.54 Å². The van der Waals surface area contributed by atoms with Gasteiger partial charge in [0.15, 0.2) is 0 Å². The lowest BCUT2D eigenvalue weighted by Crippen LogP contribution is -2.44. The van der Waals surface area contributed by atoms with Crippen LogP contribution in [0.5, 0.6) is 0 Å². The van der Waals surface area contributed by atoms with Crippen LogP contribution in [0.1, 0.15) is 45.2 Å². The number of nitrogens with zero attached hydrogens (tertiary/aromatic N) is 1. The molecular weight excluding hydrogens is 286 g/mol. The minimum Gasteiger partial charge on any atom is -0.352 e. The van der Waals surface area contributed by atoms with Crippen molar-refractivity contribution in [1.82, 2.24) is 14.6 Å². The van der Waals surface area contributed by atoms with Gasteiger partial charge in [-0.05, 0) is 51.5 Å². The third-order valence-corrected chi connectivity index (χ3v) is 6.18. The first-order valence-corrected chi connectivity index (χ1v) is 9.19. The molecule has 6 heteroatoms. The van der Waals surface area contributed by atoms with E-state index in [9.17, 15) is 8.42 Å². The molecule has 118 valence electrons. The molecule has 21 heavy (non-hydrogen) atoms. The summed E-state index contributed by atoms with van der Waals surface area (Å²) >= 11 is 0. The highest BCUT2D eigenvalue weighted by Crippen LogP contribution is 2.40. The van der Waals surface area contributed by atoms with E-state index < -0.39 is 10.0 Å². The highest BCUT2D eigenvalue weighted by atomic mass is 32.2.